The van der Waals surface area contributed by atoms with Gasteiger partial charge in [0.1, 0.15) is 12.2 Å². The molecule has 1 aromatic heterocycles. The summed E-state index contributed by atoms with van der Waals surface area (Å²) in [4.78, 5) is 18.5. The quantitative estimate of drug-likeness (QED) is 0.484. The van der Waals surface area contributed by atoms with E-state index in [-0.39, 0.29) is 11.6 Å². The Bertz CT molecular complexity index is 534. The summed E-state index contributed by atoms with van der Waals surface area (Å²) in [5.41, 5.74) is 1.42. The number of nitro groups is 1. The molecular formula is C10H15F3N6O2. The normalized spacial score (nSPS) is 11.6. The molecule has 118 valence electrons. The second-order valence-corrected chi connectivity index (χ2v) is 4.54. The van der Waals surface area contributed by atoms with Crippen LogP contribution in [0.5, 0.6) is 0 Å². The molecule has 0 saturated heterocycles. The monoisotopic (exact) mass is 308 g/mol. The summed E-state index contributed by atoms with van der Waals surface area (Å²) in [6, 6.07) is -0.662. The van der Waals surface area contributed by atoms with E-state index in [2.05, 4.69) is 15.4 Å². The first-order valence-corrected chi connectivity index (χ1v) is 5.90. The van der Waals surface area contributed by atoms with Crippen molar-refractivity contribution in [2.75, 3.05) is 16.9 Å². The van der Waals surface area contributed by atoms with Crippen molar-refractivity contribution >= 4 is 17.5 Å². The van der Waals surface area contributed by atoms with Gasteiger partial charge < -0.3 is 4.90 Å². The van der Waals surface area contributed by atoms with E-state index in [1.165, 1.54) is 20.8 Å². The lowest BCUT2D eigenvalue weighted by molar-refractivity contribution is -0.385. The van der Waals surface area contributed by atoms with Gasteiger partial charge in [-0.05, 0) is 20.8 Å². The van der Waals surface area contributed by atoms with E-state index in [4.69, 9.17) is 5.84 Å². The molecule has 8 nitrogen and oxygen atoms in total. The maximum Gasteiger partial charge on any atom is 0.405 e. The van der Waals surface area contributed by atoms with Crippen LogP contribution in [0.2, 0.25) is 0 Å². The summed E-state index contributed by atoms with van der Waals surface area (Å²) in [5, 5.41) is 11.1. The molecule has 1 heterocycles. The zero-order valence-electron chi connectivity index (χ0n) is 11.6. The van der Waals surface area contributed by atoms with Crippen molar-refractivity contribution in [3.05, 3.63) is 15.8 Å². The molecule has 0 aromatic carbocycles. The molecule has 0 radical (unpaired) electrons. The number of alkyl halides is 3. The van der Waals surface area contributed by atoms with Gasteiger partial charge in [0.25, 0.3) is 0 Å². The lowest BCUT2D eigenvalue weighted by Crippen LogP contribution is -2.40. The molecule has 0 unspecified atom stereocenters. The fraction of sp³-hybridized carbons (Fsp3) is 0.600. The number of nitrogens with zero attached hydrogens (tertiary/aromatic N) is 4. The largest absolute Gasteiger partial charge is 0.405 e. The summed E-state index contributed by atoms with van der Waals surface area (Å²) in [6.45, 7) is 2.88. The summed E-state index contributed by atoms with van der Waals surface area (Å²) in [7, 11) is 0. The Balaban J connectivity index is 3.47. The number of aryl methyl sites for hydroxylation is 1. The van der Waals surface area contributed by atoms with Crippen LogP contribution in [0.25, 0.3) is 0 Å². The average Bonchev–Trinajstić information content (AvgIpc) is 2.32. The number of hydrogen-bond donors (Lipinski definition) is 2. The number of hydrogen-bond acceptors (Lipinski definition) is 7. The first-order chi connectivity index (χ1) is 9.56. The van der Waals surface area contributed by atoms with E-state index in [0.29, 0.717) is 0 Å². The van der Waals surface area contributed by atoms with Crippen molar-refractivity contribution in [3.63, 3.8) is 0 Å². The average molecular weight is 308 g/mol. The predicted octanol–water partition coefficient (Wildman–Crippen LogP) is 1.76. The third-order valence-electron chi connectivity index (χ3n) is 2.60. The molecule has 0 amide bonds. The van der Waals surface area contributed by atoms with E-state index in [1.54, 1.807) is 0 Å². The van der Waals surface area contributed by atoms with E-state index >= 15 is 0 Å². The van der Waals surface area contributed by atoms with Crippen LogP contribution < -0.4 is 16.2 Å². The van der Waals surface area contributed by atoms with Gasteiger partial charge in [-0.15, -0.1) is 0 Å². The molecule has 0 spiro atoms. The summed E-state index contributed by atoms with van der Waals surface area (Å²) in [5.74, 6) is 4.51. The molecule has 0 saturated carbocycles. The highest BCUT2D eigenvalue weighted by Gasteiger charge is 2.36. The third kappa shape index (κ3) is 4.15. The molecule has 1 rings (SSSR count). The number of halogens is 3. The highest BCUT2D eigenvalue weighted by atomic mass is 19.4. The minimum atomic E-state index is -4.53. The predicted molar refractivity (Wildman–Crippen MR) is 69.8 cm³/mol. The van der Waals surface area contributed by atoms with Crippen molar-refractivity contribution in [1.29, 1.82) is 0 Å². The van der Waals surface area contributed by atoms with Crippen LogP contribution in [0.1, 0.15) is 19.5 Å². The number of nitrogens with two attached hydrogens (primary N) is 1. The Morgan fingerprint density at radius 3 is 2.38 bits per heavy atom. The maximum atomic E-state index is 12.7. The second kappa shape index (κ2) is 6.08. The Labute approximate surface area is 118 Å². The standard InChI is InChI=1S/C10H15F3N6O2/c1-5(2)18(4-10(11,12)13)8-7(19(20)21)6(3)15-9(16-8)17-14/h5H,4,14H2,1-3H3,(H,15,16,17). The summed E-state index contributed by atoms with van der Waals surface area (Å²) in [6.07, 6.45) is -4.53. The molecule has 0 bridgehead atoms. The van der Waals surface area contributed by atoms with Gasteiger partial charge >= 0.3 is 11.9 Å². The van der Waals surface area contributed by atoms with Crippen LogP contribution in [0.15, 0.2) is 0 Å². The molecule has 1 aromatic rings. The molecule has 21 heavy (non-hydrogen) atoms. The number of nitrogen functional groups attached to an aromatic ring is 1. The lowest BCUT2D eigenvalue weighted by atomic mass is 10.2. The molecule has 0 aliphatic carbocycles. The number of anilines is 2. The van der Waals surface area contributed by atoms with Crippen molar-refractivity contribution in [3.8, 4) is 0 Å². The van der Waals surface area contributed by atoms with Gasteiger partial charge in [-0.1, -0.05) is 0 Å². The van der Waals surface area contributed by atoms with Crippen LogP contribution >= 0.6 is 0 Å². The highest BCUT2D eigenvalue weighted by Crippen LogP contribution is 2.33. The van der Waals surface area contributed by atoms with Crippen LogP contribution in [-0.4, -0.2) is 33.7 Å². The van der Waals surface area contributed by atoms with Gasteiger partial charge in [-0.3, -0.25) is 15.5 Å². The Kier molecular flexibility index (Phi) is 4.88. The third-order valence-corrected chi connectivity index (χ3v) is 2.60. The number of aromatic nitrogens is 2. The van der Waals surface area contributed by atoms with Gasteiger partial charge in [0.15, 0.2) is 0 Å². The highest BCUT2D eigenvalue weighted by molar-refractivity contribution is 5.62. The SMILES string of the molecule is Cc1nc(NN)nc(N(CC(F)(F)F)C(C)C)c1[N+](=O)[O-]. The lowest BCUT2D eigenvalue weighted by Gasteiger charge is -2.28. The van der Waals surface area contributed by atoms with Crippen molar-refractivity contribution in [2.24, 2.45) is 5.84 Å². The smallest absolute Gasteiger partial charge is 0.339 e. The zero-order valence-corrected chi connectivity index (χ0v) is 11.6. The number of rotatable bonds is 5. The van der Waals surface area contributed by atoms with Crippen molar-refractivity contribution < 1.29 is 18.1 Å². The van der Waals surface area contributed by atoms with Gasteiger partial charge in [-0.2, -0.15) is 18.2 Å². The molecular weight excluding hydrogens is 293 g/mol. The van der Waals surface area contributed by atoms with E-state index in [0.717, 1.165) is 4.90 Å². The summed E-state index contributed by atoms with van der Waals surface area (Å²) < 4.78 is 38.0. The fourth-order valence-corrected chi connectivity index (χ4v) is 1.73. The van der Waals surface area contributed by atoms with Crippen LogP contribution in [-0.2, 0) is 0 Å². The van der Waals surface area contributed by atoms with Gasteiger partial charge in [-0.25, -0.2) is 10.8 Å². The molecule has 0 aliphatic rings. The summed E-state index contributed by atoms with van der Waals surface area (Å²) >= 11 is 0. The van der Waals surface area contributed by atoms with Crippen LogP contribution in [0.3, 0.4) is 0 Å². The van der Waals surface area contributed by atoms with E-state index < -0.39 is 35.2 Å². The minimum Gasteiger partial charge on any atom is -0.339 e. The first kappa shape index (κ1) is 16.9. The van der Waals surface area contributed by atoms with Gasteiger partial charge in [0.2, 0.25) is 11.8 Å². The minimum absolute atomic E-state index is 0.0780. The van der Waals surface area contributed by atoms with Crippen molar-refractivity contribution in [2.45, 2.75) is 33.0 Å². The van der Waals surface area contributed by atoms with Crippen molar-refractivity contribution in [1.82, 2.24) is 9.97 Å². The Morgan fingerprint density at radius 1 is 1.43 bits per heavy atom. The fourth-order valence-electron chi connectivity index (χ4n) is 1.73. The van der Waals surface area contributed by atoms with Crippen LogP contribution in [0, 0.1) is 17.0 Å². The molecule has 11 heteroatoms. The molecule has 0 atom stereocenters. The maximum absolute atomic E-state index is 12.7. The van der Waals surface area contributed by atoms with Crippen LogP contribution in [0.4, 0.5) is 30.6 Å². The first-order valence-electron chi connectivity index (χ1n) is 5.90. The topological polar surface area (TPSA) is 110 Å². The molecule has 0 aliphatic heterocycles. The van der Waals surface area contributed by atoms with E-state index in [9.17, 15) is 23.3 Å². The Morgan fingerprint density at radius 2 is 2.00 bits per heavy atom. The number of nitrogens with one attached hydrogen (secondary N) is 1. The zero-order chi connectivity index (χ0) is 16.4. The van der Waals surface area contributed by atoms with Gasteiger partial charge in [0, 0.05) is 6.04 Å². The second-order valence-electron chi connectivity index (χ2n) is 4.54. The van der Waals surface area contributed by atoms with Gasteiger partial charge in [0.05, 0.1) is 4.92 Å². The van der Waals surface area contributed by atoms with E-state index in [1.807, 2.05) is 0 Å². The Hall–Kier alpha value is -2.17. The number of hydrazine groups is 1. The molecule has 0 fully saturated rings. The molecule has 3 N–H and O–H groups in total.